The highest BCUT2D eigenvalue weighted by Crippen LogP contribution is 2.10. The molecule has 2 aromatic carbocycles. The zero-order chi connectivity index (χ0) is 16.6. The van der Waals surface area contributed by atoms with Crippen molar-refractivity contribution in [2.45, 2.75) is 13.2 Å². The van der Waals surface area contributed by atoms with Crippen molar-refractivity contribution < 1.29 is 9.47 Å². The van der Waals surface area contributed by atoms with E-state index < -0.39 is 0 Å². The van der Waals surface area contributed by atoms with Gasteiger partial charge in [-0.15, -0.1) is 0 Å². The minimum atomic E-state index is -0.0310. The largest absolute Gasteiger partial charge is 0.472 e. The monoisotopic (exact) mass is 319 g/mol. The van der Waals surface area contributed by atoms with Crippen LogP contribution in [0.4, 0.5) is 0 Å². The number of benzene rings is 2. The lowest BCUT2D eigenvalue weighted by atomic mass is 10.2. The molecule has 0 amide bonds. The minimum Gasteiger partial charge on any atom is -0.472 e. The number of nitrogens with one attached hydrogen (secondary N) is 1. The highest BCUT2D eigenvalue weighted by molar-refractivity contribution is 5.89. The van der Waals surface area contributed by atoms with E-state index in [1.807, 2.05) is 60.7 Å². The highest BCUT2D eigenvalue weighted by atomic mass is 16.5. The van der Waals surface area contributed by atoms with Crippen LogP contribution in [0.3, 0.4) is 0 Å². The van der Waals surface area contributed by atoms with E-state index in [9.17, 15) is 0 Å². The molecule has 0 atom stereocenters. The second kappa shape index (κ2) is 7.87. The third-order valence-corrected chi connectivity index (χ3v) is 3.30. The van der Waals surface area contributed by atoms with Crippen molar-refractivity contribution in [1.82, 2.24) is 9.97 Å². The molecule has 0 radical (unpaired) electrons. The normalized spacial score (nSPS) is 10.2. The van der Waals surface area contributed by atoms with Crippen LogP contribution in [0.1, 0.15) is 16.8 Å². The molecule has 0 fully saturated rings. The second-order valence-corrected chi connectivity index (χ2v) is 5.12. The Labute approximate surface area is 140 Å². The van der Waals surface area contributed by atoms with Crippen LogP contribution in [0.15, 0.2) is 73.1 Å². The molecule has 0 aliphatic carbocycles. The van der Waals surface area contributed by atoms with E-state index in [1.54, 1.807) is 0 Å². The topological polar surface area (TPSA) is 68.1 Å². The van der Waals surface area contributed by atoms with E-state index in [0.29, 0.717) is 24.8 Å². The third kappa shape index (κ3) is 4.39. The van der Waals surface area contributed by atoms with Crippen molar-refractivity contribution in [1.29, 1.82) is 5.41 Å². The Kier molecular flexibility index (Phi) is 5.14. The molecule has 0 saturated carbocycles. The first kappa shape index (κ1) is 15.7. The molecule has 0 unspecified atom stereocenters. The molecule has 1 aromatic heterocycles. The smallest absolute Gasteiger partial charge is 0.234 e. The Morgan fingerprint density at radius 3 is 2.12 bits per heavy atom. The summed E-state index contributed by atoms with van der Waals surface area (Å²) >= 11 is 0. The molecule has 1 N–H and O–H groups in total. The molecule has 0 aliphatic rings. The average molecular weight is 319 g/mol. The van der Waals surface area contributed by atoms with Gasteiger partial charge in [-0.3, -0.25) is 10.4 Å². The van der Waals surface area contributed by atoms with Gasteiger partial charge in [-0.1, -0.05) is 60.7 Å². The summed E-state index contributed by atoms with van der Waals surface area (Å²) in [7, 11) is 0. The summed E-state index contributed by atoms with van der Waals surface area (Å²) < 4.78 is 11.1. The van der Waals surface area contributed by atoms with Gasteiger partial charge in [-0.25, -0.2) is 4.98 Å². The van der Waals surface area contributed by atoms with Crippen molar-refractivity contribution >= 4 is 5.90 Å². The second-order valence-electron chi connectivity index (χ2n) is 5.12. The lowest BCUT2D eigenvalue weighted by Crippen LogP contribution is -2.09. The van der Waals surface area contributed by atoms with E-state index in [-0.39, 0.29) is 5.90 Å². The summed E-state index contributed by atoms with van der Waals surface area (Å²) in [6, 6.07) is 19.5. The van der Waals surface area contributed by atoms with Crippen molar-refractivity contribution in [2.75, 3.05) is 0 Å². The van der Waals surface area contributed by atoms with E-state index in [4.69, 9.17) is 14.9 Å². The molecule has 0 bridgehead atoms. The molecule has 5 heteroatoms. The van der Waals surface area contributed by atoms with Crippen LogP contribution in [0.25, 0.3) is 0 Å². The lowest BCUT2D eigenvalue weighted by Gasteiger charge is -2.09. The third-order valence-electron chi connectivity index (χ3n) is 3.30. The van der Waals surface area contributed by atoms with Crippen molar-refractivity contribution in [2.24, 2.45) is 0 Å². The Morgan fingerprint density at radius 2 is 1.46 bits per heavy atom. The van der Waals surface area contributed by atoms with Gasteiger partial charge in [0.15, 0.2) is 0 Å². The van der Waals surface area contributed by atoms with Gasteiger partial charge in [0.05, 0.1) is 12.4 Å². The Bertz CT molecular complexity index is 792. The number of nitrogens with zero attached hydrogens (tertiary/aromatic N) is 2. The van der Waals surface area contributed by atoms with E-state index in [1.165, 1.54) is 12.4 Å². The predicted molar refractivity (Wildman–Crippen MR) is 90.9 cm³/mol. The molecular weight excluding hydrogens is 302 g/mol. The summed E-state index contributed by atoms with van der Waals surface area (Å²) in [5.41, 5.74) is 2.38. The summed E-state index contributed by atoms with van der Waals surface area (Å²) in [5.74, 6) is 0.334. The van der Waals surface area contributed by atoms with Crippen LogP contribution in [0.5, 0.6) is 5.88 Å². The van der Waals surface area contributed by atoms with Gasteiger partial charge >= 0.3 is 0 Å². The Hall–Kier alpha value is -3.21. The number of aromatic nitrogens is 2. The summed E-state index contributed by atoms with van der Waals surface area (Å²) in [6.07, 6.45) is 3.01. The molecule has 1 heterocycles. The van der Waals surface area contributed by atoms with E-state index in [2.05, 4.69) is 9.97 Å². The number of hydrogen-bond acceptors (Lipinski definition) is 5. The SMILES string of the molecule is N=C(OCc1ccccc1)c1cncc(OCc2ccccc2)n1. The maximum atomic E-state index is 7.99. The fourth-order valence-electron chi connectivity index (χ4n) is 2.06. The number of hydrogen-bond donors (Lipinski definition) is 1. The fourth-order valence-corrected chi connectivity index (χ4v) is 2.06. The molecule has 0 spiro atoms. The Morgan fingerprint density at radius 1 is 0.833 bits per heavy atom. The Balaban J connectivity index is 1.59. The summed E-state index contributed by atoms with van der Waals surface area (Å²) in [5, 5.41) is 7.99. The first-order valence-electron chi connectivity index (χ1n) is 7.56. The zero-order valence-electron chi connectivity index (χ0n) is 13.1. The number of ether oxygens (including phenoxy) is 2. The molecule has 120 valence electrons. The van der Waals surface area contributed by atoms with Crippen molar-refractivity contribution in [3.05, 3.63) is 89.9 Å². The van der Waals surface area contributed by atoms with Gasteiger partial charge in [0.2, 0.25) is 11.8 Å². The van der Waals surface area contributed by atoms with Gasteiger partial charge in [0.25, 0.3) is 0 Å². The van der Waals surface area contributed by atoms with Gasteiger partial charge in [-0.05, 0) is 11.1 Å². The molecule has 3 aromatic rings. The minimum absolute atomic E-state index is 0.0310. The molecule has 5 nitrogen and oxygen atoms in total. The fraction of sp³-hybridized carbons (Fsp3) is 0.105. The lowest BCUT2D eigenvalue weighted by molar-refractivity contribution is 0.282. The molecule has 0 saturated heterocycles. The molecule has 3 rings (SSSR count). The maximum Gasteiger partial charge on any atom is 0.234 e. The maximum absolute atomic E-state index is 7.99. The van der Waals surface area contributed by atoms with Crippen LogP contribution in [-0.2, 0) is 18.0 Å². The standard InChI is InChI=1S/C19H17N3O2/c20-19(24-14-16-9-5-2-6-10-16)17-11-21-12-18(22-17)23-13-15-7-3-1-4-8-15/h1-12,20H,13-14H2. The quantitative estimate of drug-likeness (QED) is 0.557. The zero-order valence-corrected chi connectivity index (χ0v) is 13.1. The van der Waals surface area contributed by atoms with Crippen LogP contribution < -0.4 is 4.74 Å². The highest BCUT2D eigenvalue weighted by Gasteiger charge is 2.08. The van der Waals surface area contributed by atoms with Gasteiger partial charge in [0.1, 0.15) is 18.9 Å². The average Bonchev–Trinajstić information content (AvgIpc) is 2.66. The van der Waals surface area contributed by atoms with Crippen LogP contribution in [-0.4, -0.2) is 15.9 Å². The molecule has 24 heavy (non-hydrogen) atoms. The molecule has 0 aliphatic heterocycles. The van der Waals surface area contributed by atoms with E-state index in [0.717, 1.165) is 11.1 Å². The first-order chi connectivity index (χ1) is 11.8. The number of rotatable bonds is 6. The van der Waals surface area contributed by atoms with E-state index >= 15 is 0 Å². The van der Waals surface area contributed by atoms with Crippen LogP contribution in [0.2, 0.25) is 0 Å². The van der Waals surface area contributed by atoms with Crippen LogP contribution in [0, 0.1) is 5.41 Å². The van der Waals surface area contributed by atoms with Crippen molar-refractivity contribution in [3.8, 4) is 5.88 Å². The molecular formula is C19H17N3O2. The summed E-state index contributed by atoms with van der Waals surface area (Å²) in [4.78, 5) is 8.33. The van der Waals surface area contributed by atoms with Gasteiger partial charge in [-0.2, -0.15) is 0 Å². The van der Waals surface area contributed by atoms with Gasteiger partial charge < -0.3 is 9.47 Å². The van der Waals surface area contributed by atoms with Crippen LogP contribution >= 0.6 is 0 Å². The first-order valence-corrected chi connectivity index (χ1v) is 7.56. The predicted octanol–water partition coefficient (Wildman–Crippen LogP) is 3.60. The summed E-state index contributed by atoms with van der Waals surface area (Å²) in [6.45, 7) is 0.716. The van der Waals surface area contributed by atoms with Crippen molar-refractivity contribution in [3.63, 3.8) is 0 Å². The van der Waals surface area contributed by atoms with Gasteiger partial charge in [0, 0.05) is 0 Å².